The molecule has 2 rings (SSSR count). The van der Waals surface area contributed by atoms with E-state index < -0.39 is 12.4 Å². The number of rotatable bonds is 6. The van der Waals surface area contributed by atoms with Gasteiger partial charge in [-0.1, -0.05) is 51.1 Å². The Morgan fingerprint density at radius 1 is 1.18 bits per heavy atom. The van der Waals surface area contributed by atoms with Gasteiger partial charge in [0.2, 0.25) is 0 Å². The normalized spacial score (nSPS) is 33.6. The Morgan fingerprint density at radius 3 is 2.45 bits per heavy atom. The van der Waals surface area contributed by atoms with Crippen molar-refractivity contribution in [1.29, 1.82) is 0 Å². The molecule has 0 bridgehead atoms. The van der Waals surface area contributed by atoms with E-state index in [1.54, 1.807) is 7.11 Å². The van der Waals surface area contributed by atoms with Gasteiger partial charge in [0.05, 0.1) is 18.8 Å². The number of methoxy groups -OCH3 is 1. The zero-order valence-corrected chi connectivity index (χ0v) is 13.9. The van der Waals surface area contributed by atoms with Crippen LogP contribution in [0.3, 0.4) is 0 Å². The van der Waals surface area contributed by atoms with Crippen LogP contribution in [0.15, 0.2) is 30.3 Å². The predicted octanol–water partition coefficient (Wildman–Crippen LogP) is 2.99. The summed E-state index contributed by atoms with van der Waals surface area (Å²) in [5.74, 6) is 0.454. The van der Waals surface area contributed by atoms with Crippen LogP contribution >= 0.6 is 0 Å². The van der Waals surface area contributed by atoms with E-state index in [0.717, 1.165) is 5.56 Å². The number of ether oxygens (including phenoxy) is 3. The van der Waals surface area contributed by atoms with Gasteiger partial charge in [0.15, 0.2) is 6.29 Å². The molecule has 3 unspecified atom stereocenters. The summed E-state index contributed by atoms with van der Waals surface area (Å²) >= 11 is 0. The predicted molar refractivity (Wildman–Crippen MR) is 85.3 cm³/mol. The summed E-state index contributed by atoms with van der Waals surface area (Å²) in [6.07, 6.45) is -0.582. The summed E-state index contributed by atoms with van der Waals surface area (Å²) < 4.78 is 17.5. The molecule has 0 radical (unpaired) electrons. The third-order valence-electron chi connectivity index (χ3n) is 4.74. The second kappa shape index (κ2) is 8.06. The Bertz CT molecular complexity index is 434. The summed E-state index contributed by atoms with van der Waals surface area (Å²) in [6, 6.07) is 10.1. The molecule has 1 saturated heterocycles. The molecular formula is C18H28O4. The Kier molecular flexibility index (Phi) is 6.38. The molecule has 0 amide bonds. The summed E-state index contributed by atoms with van der Waals surface area (Å²) in [7, 11) is 1.63. The van der Waals surface area contributed by atoms with Crippen molar-refractivity contribution in [2.75, 3.05) is 7.11 Å². The average molecular weight is 308 g/mol. The van der Waals surface area contributed by atoms with Gasteiger partial charge in [-0.25, -0.2) is 0 Å². The van der Waals surface area contributed by atoms with Crippen molar-refractivity contribution in [2.45, 2.75) is 58.4 Å². The van der Waals surface area contributed by atoms with Crippen molar-refractivity contribution in [1.82, 2.24) is 0 Å². The summed E-state index contributed by atoms with van der Waals surface area (Å²) in [5.41, 5.74) is 1.13. The van der Waals surface area contributed by atoms with Crippen LogP contribution in [0.25, 0.3) is 0 Å². The number of hydrogen-bond donors (Lipinski definition) is 1. The fraction of sp³-hybridized carbons (Fsp3) is 0.667. The minimum atomic E-state index is -0.467. The monoisotopic (exact) mass is 308 g/mol. The quantitative estimate of drug-likeness (QED) is 0.877. The highest BCUT2D eigenvalue weighted by molar-refractivity contribution is 5.13. The summed E-state index contributed by atoms with van der Waals surface area (Å²) in [6.45, 7) is 6.75. The van der Waals surface area contributed by atoms with Gasteiger partial charge < -0.3 is 19.3 Å². The van der Waals surface area contributed by atoms with E-state index in [1.807, 2.05) is 37.3 Å². The maximum absolute atomic E-state index is 10.2. The van der Waals surface area contributed by atoms with Gasteiger partial charge in [-0.05, 0) is 23.8 Å². The van der Waals surface area contributed by atoms with Crippen LogP contribution in [0.1, 0.15) is 32.8 Å². The molecule has 1 heterocycles. The third-order valence-corrected chi connectivity index (χ3v) is 4.74. The molecule has 0 spiro atoms. The van der Waals surface area contributed by atoms with Crippen molar-refractivity contribution in [2.24, 2.45) is 11.8 Å². The minimum absolute atomic E-state index is 0.138. The van der Waals surface area contributed by atoms with Gasteiger partial charge in [0, 0.05) is 7.11 Å². The number of aliphatic hydroxyl groups is 1. The van der Waals surface area contributed by atoms with Gasteiger partial charge in [0.1, 0.15) is 6.10 Å². The molecule has 1 aromatic rings. The van der Waals surface area contributed by atoms with Crippen molar-refractivity contribution in [3.63, 3.8) is 0 Å². The molecule has 0 aromatic heterocycles. The van der Waals surface area contributed by atoms with Crippen LogP contribution in [0.5, 0.6) is 0 Å². The lowest BCUT2D eigenvalue weighted by atomic mass is 9.81. The average Bonchev–Trinajstić information content (AvgIpc) is 2.56. The van der Waals surface area contributed by atoms with E-state index in [1.165, 1.54) is 0 Å². The van der Waals surface area contributed by atoms with Crippen LogP contribution in [0.4, 0.5) is 0 Å². The highest BCUT2D eigenvalue weighted by atomic mass is 16.7. The van der Waals surface area contributed by atoms with Crippen LogP contribution in [0.2, 0.25) is 0 Å². The molecule has 1 fully saturated rings. The maximum atomic E-state index is 10.2. The summed E-state index contributed by atoms with van der Waals surface area (Å²) in [5, 5.41) is 10.2. The maximum Gasteiger partial charge on any atom is 0.184 e. The molecule has 1 aromatic carbocycles. The Labute approximate surface area is 133 Å². The van der Waals surface area contributed by atoms with Crippen molar-refractivity contribution in [3.05, 3.63) is 35.9 Å². The van der Waals surface area contributed by atoms with E-state index >= 15 is 0 Å². The topological polar surface area (TPSA) is 47.9 Å². The molecule has 4 heteroatoms. The van der Waals surface area contributed by atoms with Crippen molar-refractivity contribution < 1.29 is 19.3 Å². The van der Waals surface area contributed by atoms with Gasteiger partial charge in [-0.2, -0.15) is 0 Å². The molecule has 1 aliphatic heterocycles. The van der Waals surface area contributed by atoms with Gasteiger partial charge in [0.25, 0.3) is 0 Å². The number of benzene rings is 1. The third kappa shape index (κ3) is 3.87. The largest absolute Gasteiger partial charge is 0.390 e. The van der Waals surface area contributed by atoms with Crippen molar-refractivity contribution >= 4 is 0 Å². The first-order valence-electron chi connectivity index (χ1n) is 8.10. The lowest BCUT2D eigenvalue weighted by molar-refractivity contribution is -0.288. The second-order valence-electron chi connectivity index (χ2n) is 6.16. The minimum Gasteiger partial charge on any atom is -0.390 e. The lowest BCUT2D eigenvalue weighted by Gasteiger charge is -2.45. The first-order valence-corrected chi connectivity index (χ1v) is 8.10. The molecule has 0 aliphatic carbocycles. The summed E-state index contributed by atoms with van der Waals surface area (Å²) in [4.78, 5) is 0. The fourth-order valence-electron chi connectivity index (χ4n) is 3.06. The zero-order valence-electron chi connectivity index (χ0n) is 13.9. The first kappa shape index (κ1) is 17.4. The SMILES string of the molecule is CCC(O)C1O[C@H](OC)[C@@H](OCc2ccccc2)C(C)[C@@H]1C. The lowest BCUT2D eigenvalue weighted by Crippen LogP contribution is -2.54. The Morgan fingerprint density at radius 2 is 1.86 bits per heavy atom. The highest BCUT2D eigenvalue weighted by Crippen LogP contribution is 2.35. The van der Waals surface area contributed by atoms with Gasteiger partial charge in [-0.3, -0.25) is 0 Å². The van der Waals surface area contributed by atoms with Crippen LogP contribution in [0, 0.1) is 11.8 Å². The van der Waals surface area contributed by atoms with Crippen LogP contribution in [-0.4, -0.2) is 36.8 Å². The highest BCUT2D eigenvalue weighted by Gasteiger charge is 2.44. The molecule has 1 N–H and O–H groups in total. The van der Waals surface area contributed by atoms with E-state index in [2.05, 4.69) is 13.8 Å². The number of aliphatic hydroxyl groups excluding tert-OH is 1. The van der Waals surface area contributed by atoms with Crippen LogP contribution in [-0.2, 0) is 20.8 Å². The second-order valence-corrected chi connectivity index (χ2v) is 6.16. The first-order chi connectivity index (χ1) is 10.6. The fourth-order valence-corrected chi connectivity index (χ4v) is 3.06. The molecule has 0 saturated carbocycles. The molecule has 124 valence electrons. The molecule has 22 heavy (non-hydrogen) atoms. The standard InChI is InChI=1S/C18H28O4/c1-5-15(19)16-12(2)13(3)17(18(20-4)22-16)21-11-14-9-7-6-8-10-14/h6-10,12-13,15-19H,5,11H2,1-4H3/t12-,13?,15?,16?,17-,18-/m0/s1. The van der Waals surface area contributed by atoms with Crippen LogP contribution < -0.4 is 0 Å². The molecule has 1 aliphatic rings. The molecular weight excluding hydrogens is 280 g/mol. The van der Waals surface area contributed by atoms with Gasteiger partial charge >= 0.3 is 0 Å². The van der Waals surface area contributed by atoms with Gasteiger partial charge in [-0.15, -0.1) is 0 Å². The van der Waals surface area contributed by atoms with E-state index in [4.69, 9.17) is 14.2 Å². The van der Waals surface area contributed by atoms with E-state index in [9.17, 15) is 5.11 Å². The molecule has 4 nitrogen and oxygen atoms in total. The Hall–Kier alpha value is -0.940. The Balaban J connectivity index is 2.04. The van der Waals surface area contributed by atoms with Crippen molar-refractivity contribution in [3.8, 4) is 0 Å². The van der Waals surface area contributed by atoms with E-state index in [-0.39, 0.29) is 24.0 Å². The van der Waals surface area contributed by atoms with E-state index in [0.29, 0.717) is 13.0 Å². The smallest absolute Gasteiger partial charge is 0.184 e. The number of hydrogen-bond acceptors (Lipinski definition) is 4. The zero-order chi connectivity index (χ0) is 16.1. The molecule has 6 atom stereocenters.